The van der Waals surface area contributed by atoms with Crippen molar-refractivity contribution in [2.24, 2.45) is 7.05 Å². The summed E-state index contributed by atoms with van der Waals surface area (Å²) in [6, 6.07) is 6.63. The molecule has 4 rings (SSSR count). The third kappa shape index (κ3) is 4.67. The molecule has 0 N–H and O–H groups in total. The Kier molecular flexibility index (Phi) is 6.17. The van der Waals surface area contributed by atoms with Crippen LogP contribution in [0.1, 0.15) is 48.8 Å². The maximum absolute atomic E-state index is 13.0. The van der Waals surface area contributed by atoms with Gasteiger partial charge in [-0.2, -0.15) is 0 Å². The molecule has 6 heteroatoms. The number of hydrogen-bond acceptors (Lipinski definition) is 4. The van der Waals surface area contributed by atoms with E-state index in [0.29, 0.717) is 5.92 Å². The minimum absolute atomic E-state index is 0.191. The molecule has 0 aliphatic carbocycles. The number of halogens is 1. The molecule has 2 aliphatic heterocycles. The Morgan fingerprint density at radius 1 is 1.04 bits per heavy atom. The normalized spacial score (nSPS) is 21.7. The molecule has 2 aromatic rings. The Morgan fingerprint density at radius 2 is 1.79 bits per heavy atom. The standard InChI is InChI=1S/C22H30FN5/c1-26-21(17-28-12-2-3-13-28)24-25-22(26)19-7-5-15-27(16-19)14-4-6-18-8-10-20(23)11-9-18/h4,6,8-11,19H,2-3,5,7,12-17H2,1H3. The van der Waals surface area contributed by atoms with E-state index in [1.165, 1.54) is 50.9 Å². The van der Waals surface area contributed by atoms with Gasteiger partial charge in [-0.05, 0) is 63.0 Å². The molecule has 1 aromatic carbocycles. The summed E-state index contributed by atoms with van der Waals surface area (Å²) in [7, 11) is 2.12. The Balaban J connectivity index is 1.34. The summed E-state index contributed by atoms with van der Waals surface area (Å²) in [5.74, 6) is 2.47. The van der Waals surface area contributed by atoms with Gasteiger partial charge in [0, 0.05) is 26.1 Å². The molecule has 1 atom stereocenters. The molecule has 0 radical (unpaired) electrons. The van der Waals surface area contributed by atoms with Crippen molar-refractivity contribution >= 4 is 6.08 Å². The zero-order valence-electron chi connectivity index (χ0n) is 16.7. The zero-order chi connectivity index (χ0) is 19.3. The van der Waals surface area contributed by atoms with Crippen molar-refractivity contribution in [1.29, 1.82) is 0 Å². The highest BCUT2D eigenvalue weighted by molar-refractivity contribution is 5.48. The maximum atomic E-state index is 13.0. The Morgan fingerprint density at radius 3 is 2.57 bits per heavy atom. The van der Waals surface area contributed by atoms with E-state index in [0.717, 1.165) is 43.4 Å². The van der Waals surface area contributed by atoms with Crippen molar-refractivity contribution in [2.75, 3.05) is 32.7 Å². The van der Waals surface area contributed by atoms with Crippen LogP contribution < -0.4 is 0 Å². The topological polar surface area (TPSA) is 37.2 Å². The lowest BCUT2D eigenvalue weighted by atomic mass is 9.97. The van der Waals surface area contributed by atoms with E-state index in [9.17, 15) is 4.39 Å². The van der Waals surface area contributed by atoms with Crippen LogP contribution in [0.2, 0.25) is 0 Å². The molecule has 0 saturated carbocycles. The molecule has 0 bridgehead atoms. The molecule has 28 heavy (non-hydrogen) atoms. The maximum Gasteiger partial charge on any atom is 0.146 e. The molecule has 0 spiro atoms. The van der Waals surface area contributed by atoms with Gasteiger partial charge in [-0.25, -0.2) is 4.39 Å². The largest absolute Gasteiger partial charge is 0.317 e. The van der Waals surface area contributed by atoms with Crippen molar-refractivity contribution < 1.29 is 4.39 Å². The van der Waals surface area contributed by atoms with Gasteiger partial charge in [0.25, 0.3) is 0 Å². The van der Waals surface area contributed by atoms with E-state index in [1.54, 1.807) is 0 Å². The minimum atomic E-state index is -0.191. The fourth-order valence-electron chi connectivity index (χ4n) is 4.35. The van der Waals surface area contributed by atoms with Crippen molar-refractivity contribution in [2.45, 2.75) is 38.1 Å². The Hall–Kier alpha value is -2.05. The van der Waals surface area contributed by atoms with Gasteiger partial charge in [-0.1, -0.05) is 24.3 Å². The SMILES string of the molecule is Cn1c(CN2CCCC2)nnc1C1CCCN(CC=Cc2ccc(F)cc2)C1. The third-order valence-corrected chi connectivity index (χ3v) is 5.98. The molecular weight excluding hydrogens is 353 g/mol. The van der Waals surface area contributed by atoms with Gasteiger partial charge in [0.05, 0.1) is 6.54 Å². The molecular formula is C22H30FN5. The molecule has 0 amide bonds. The molecule has 1 unspecified atom stereocenters. The summed E-state index contributed by atoms with van der Waals surface area (Å²) in [5, 5.41) is 9.05. The molecule has 3 heterocycles. The molecule has 5 nitrogen and oxygen atoms in total. The fraction of sp³-hybridized carbons (Fsp3) is 0.545. The highest BCUT2D eigenvalue weighted by Crippen LogP contribution is 2.26. The van der Waals surface area contributed by atoms with Gasteiger partial charge < -0.3 is 4.57 Å². The van der Waals surface area contributed by atoms with Crippen LogP contribution in [-0.4, -0.2) is 57.3 Å². The number of hydrogen-bond donors (Lipinski definition) is 0. The third-order valence-electron chi connectivity index (χ3n) is 5.98. The van der Waals surface area contributed by atoms with Crippen molar-refractivity contribution in [3.63, 3.8) is 0 Å². The Labute approximate surface area is 166 Å². The smallest absolute Gasteiger partial charge is 0.146 e. The second-order valence-electron chi connectivity index (χ2n) is 8.07. The summed E-state index contributed by atoms with van der Waals surface area (Å²) in [4.78, 5) is 4.95. The second-order valence-corrected chi connectivity index (χ2v) is 8.07. The number of nitrogens with zero attached hydrogens (tertiary/aromatic N) is 5. The van der Waals surface area contributed by atoms with Gasteiger partial charge >= 0.3 is 0 Å². The second kappa shape index (κ2) is 8.97. The summed E-state index contributed by atoms with van der Waals surface area (Å²) in [6.45, 7) is 6.32. The number of piperidine rings is 1. The van der Waals surface area contributed by atoms with Crippen LogP contribution in [0.3, 0.4) is 0 Å². The highest BCUT2D eigenvalue weighted by atomic mass is 19.1. The summed E-state index contributed by atoms with van der Waals surface area (Å²) in [6.07, 6.45) is 9.20. The summed E-state index contributed by atoms with van der Waals surface area (Å²) in [5.41, 5.74) is 1.04. The highest BCUT2D eigenvalue weighted by Gasteiger charge is 2.26. The van der Waals surface area contributed by atoms with Gasteiger partial charge in [-0.3, -0.25) is 9.80 Å². The molecule has 1 aromatic heterocycles. The van der Waals surface area contributed by atoms with Gasteiger partial charge in [-0.15, -0.1) is 10.2 Å². The van der Waals surface area contributed by atoms with Crippen LogP contribution >= 0.6 is 0 Å². The van der Waals surface area contributed by atoms with Gasteiger partial charge in [0.2, 0.25) is 0 Å². The molecule has 2 saturated heterocycles. The average molecular weight is 384 g/mol. The number of benzene rings is 1. The molecule has 2 fully saturated rings. The van der Waals surface area contributed by atoms with E-state index in [1.807, 2.05) is 12.1 Å². The summed E-state index contributed by atoms with van der Waals surface area (Å²) < 4.78 is 15.2. The average Bonchev–Trinajstić information content (AvgIpc) is 3.34. The minimum Gasteiger partial charge on any atom is -0.317 e. The van der Waals surface area contributed by atoms with Crippen LogP contribution in [0, 0.1) is 5.82 Å². The van der Waals surface area contributed by atoms with Crippen LogP contribution in [0.4, 0.5) is 4.39 Å². The number of rotatable bonds is 6. The predicted molar refractivity (Wildman–Crippen MR) is 109 cm³/mol. The first-order chi connectivity index (χ1) is 13.7. The van der Waals surface area contributed by atoms with E-state index in [2.05, 4.69) is 43.8 Å². The zero-order valence-corrected chi connectivity index (χ0v) is 16.7. The number of likely N-dealkylation sites (tertiary alicyclic amines) is 2. The molecule has 150 valence electrons. The first-order valence-electron chi connectivity index (χ1n) is 10.4. The van der Waals surface area contributed by atoms with E-state index in [4.69, 9.17) is 0 Å². The van der Waals surface area contributed by atoms with Crippen molar-refractivity contribution in [3.05, 3.63) is 53.4 Å². The monoisotopic (exact) mass is 383 g/mol. The van der Waals surface area contributed by atoms with Crippen LogP contribution in [0.15, 0.2) is 30.3 Å². The van der Waals surface area contributed by atoms with Gasteiger partial charge in [0.15, 0.2) is 0 Å². The lowest BCUT2D eigenvalue weighted by Crippen LogP contribution is -2.35. The van der Waals surface area contributed by atoms with Crippen LogP contribution in [0.5, 0.6) is 0 Å². The first kappa shape index (κ1) is 19.3. The Bertz CT molecular complexity index is 792. The summed E-state index contributed by atoms with van der Waals surface area (Å²) >= 11 is 0. The van der Waals surface area contributed by atoms with Crippen LogP contribution in [0.25, 0.3) is 6.08 Å². The molecule has 2 aliphatic rings. The quantitative estimate of drug-likeness (QED) is 0.766. The predicted octanol–water partition coefficient (Wildman–Crippen LogP) is 3.44. The first-order valence-corrected chi connectivity index (χ1v) is 10.4. The lowest BCUT2D eigenvalue weighted by Gasteiger charge is -2.31. The number of aromatic nitrogens is 3. The van der Waals surface area contributed by atoms with E-state index < -0.39 is 0 Å². The van der Waals surface area contributed by atoms with Crippen molar-refractivity contribution in [3.8, 4) is 0 Å². The van der Waals surface area contributed by atoms with Gasteiger partial charge in [0.1, 0.15) is 17.5 Å². The lowest BCUT2D eigenvalue weighted by molar-refractivity contribution is 0.221. The fourth-order valence-corrected chi connectivity index (χ4v) is 4.35. The van der Waals surface area contributed by atoms with Crippen molar-refractivity contribution in [1.82, 2.24) is 24.6 Å². The van der Waals surface area contributed by atoms with E-state index in [-0.39, 0.29) is 5.82 Å². The van der Waals surface area contributed by atoms with E-state index >= 15 is 0 Å². The van der Waals surface area contributed by atoms with Crippen LogP contribution in [-0.2, 0) is 13.6 Å².